The fourth-order valence-electron chi connectivity index (χ4n) is 5.07. The number of sulfonamides is 1. The minimum atomic E-state index is -3.71. The molecule has 3 aromatic carbocycles. The van der Waals surface area contributed by atoms with E-state index in [0.29, 0.717) is 35.8 Å². The third kappa shape index (κ3) is 5.68. The molecule has 196 valence electrons. The lowest BCUT2D eigenvalue weighted by atomic mass is 9.87. The van der Waals surface area contributed by atoms with E-state index in [1.54, 1.807) is 54.6 Å². The summed E-state index contributed by atoms with van der Waals surface area (Å²) in [7, 11) is -3.71. The van der Waals surface area contributed by atoms with Crippen molar-refractivity contribution < 1.29 is 17.9 Å². The van der Waals surface area contributed by atoms with Gasteiger partial charge in [-0.2, -0.15) is 0 Å². The van der Waals surface area contributed by atoms with Crippen LogP contribution in [0, 0.1) is 5.92 Å². The van der Waals surface area contributed by atoms with Crippen molar-refractivity contribution in [3.8, 4) is 5.75 Å². The molecule has 7 heteroatoms. The maximum atomic E-state index is 13.2. The number of anilines is 1. The van der Waals surface area contributed by atoms with Crippen LogP contribution >= 0.6 is 0 Å². The van der Waals surface area contributed by atoms with Crippen molar-refractivity contribution in [2.24, 2.45) is 5.92 Å². The molecule has 38 heavy (non-hydrogen) atoms. The predicted octanol–water partition coefficient (Wildman–Crippen LogP) is 6.42. The largest absolute Gasteiger partial charge is 0.507 e. The summed E-state index contributed by atoms with van der Waals surface area (Å²) < 4.78 is 34.0. The van der Waals surface area contributed by atoms with Gasteiger partial charge in [-0.1, -0.05) is 67.6 Å². The maximum absolute atomic E-state index is 13.2. The molecule has 2 N–H and O–H groups in total. The molecule has 0 aliphatic heterocycles. The normalized spacial score (nSPS) is 15.1. The van der Waals surface area contributed by atoms with E-state index in [2.05, 4.69) is 4.72 Å². The van der Waals surface area contributed by atoms with Crippen molar-refractivity contribution in [3.05, 3.63) is 124 Å². The van der Waals surface area contributed by atoms with Crippen molar-refractivity contribution >= 4 is 15.7 Å². The monoisotopic (exact) mass is 529 g/mol. The lowest BCUT2D eigenvalue weighted by molar-refractivity contribution is 0.379. The standard InChI is InChI=1S/C31H31NO5S/c1-2-22(18-21-10-9-13-25(19-21)32-38(35,36)26-14-7-4-8-15-26)28-20-27(33)30(31(34)37-28)29(24-16-17-24)23-11-5-3-6-12-23/h3-15,19-20,22,24,29,32-33H,2,16-18H2,1H3. The molecule has 0 amide bonds. The quantitative estimate of drug-likeness (QED) is 0.247. The molecule has 0 bridgehead atoms. The Morgan fingerprint density at radius 3 is 2.26 bits per heavy atom. The summed E-state index contributed by atoms with van der Waals surface area (Å²) in [6, 6.07) is 26.8. The molecule has 4 aromatic rings. The van der Waals surface area contributed by atoms with Crippen molar-refractivity contribution in [2.45, 2.75) is 49.3 Å². The molecule has 2 atom stereocenters. The summed E-state index contributed by atoms with van der Waals surface area (Å²) >= 11 is 0. The zero-order chi connectivity index (χ0) is 26.7. The van der Waals surface area contributed by atoms with Gasteiger partial charge < -0.3 is 9.52 Å². The summed E-state index contributed by atoms with van der Waals surface area (Å²) in [5.41, 5.74) is 2.18. The van der Waals surface area contributed by atoms with Gasteiger partial charge in [-0.15, -0.1) is 0 Å². The highest BCUT2D eigenvalue weighted by Crippen LogP contribution is 2.47. The molecule has 1 fully saturated rings. The third-order valence-electron chi connectivity index (χ3n) is 7.16. The average molecular weight is 530 g/mol. The lowest BCUT2D eigenvalue weighted by Gasteiger charge is -2.20. The Morgan fingerprint density at radius 1 is 0.947 bits per heavy atom. The summed E-state index contributed by atoms with van der Waals surface area (Å²) in [6.45, 7) is 1.99. The third-order valence-corrected chi connectivity index (χ3v) is 8.56. The highest BCUT2D eigenvalue weighted by Gasteiger charge is 2.37. The van der Waals surface area contributed by atoms with E-state index >= 15 is 0 Å². The second kappa shape index (κ2) is 10.9. The first kappa shape index (κ1) is 25.8. The smallest absolute Gasteiger partial charge is 0.343 e. The highest BCUT2D eigenvalue weighted by atomic mass is 32.2. The number of nitrogens with one attached hydrogen (secondary N) is 1. The first-order valence-electron chi connectivity index (χ1n) is 12.9. The molecule has 0 spiro atoms. The molecule has 1 aliphatic rings. The van der Waals surface area contributed by atoms with Gasteiger partial charge in [0.2, 0.25) is 0 Å². The van der Waals surface area contributed by atoms with Gasteiger partial charge in [0.15, 0.2) is 0 Å². The Hall–Kier alpha value is -3.84. The SMILES string of the molecule is CCC(Cc1cccc(NS(=O)(=O)c2ccccc2)c1)c1cc(O)c(C(c2ccccc2)C2CC2)c(=O)o1. The van der Waals surface area contributed by atoms with Crippen LogP contribution in [0.2, 0.25) is 0 Å². The van der Waals surface area contributed by atoms with Gasteiger partial charge in [-0.25, -0.2) is 13.2 Å². The topological polar surface area (TPSA) is 96.6 Å². The molecule has 1 saturated carbocycles. The first-order valence-corrected chi connectivity index (χ1v) is 14.4. The highest BCUT2D eigenvalue weighted by molar-refractivity contribution is 7.92. The van der Waals surface area contributed by atoms with Crippen LogP contribution in [0.25, 0.3) is 0 Å². The molecule has 1 heterocycles. The van der Waals surface area contributed by atoms with E-state index in [4.69, 9.17) is 4.42 Å². The lowest BCUT2D eigenvalue weighted by Crippen LogP contribution is -2.17. The van der Waals surface area contributed by atoms with Crippen molar-refractivity contribution in [1.82, 2.24) is 0 Å². The Bertz CT molecular complexity index is 1560. The minimum absolute atomic E-state index is 0.0279. The molecule has 0 saturated heterocycles. The molecule has 0 radical (unpaired) electrons. The van der Waals surface area contributed by atoms with Gasteiger partial charge in [0, 0.05) is 23.6 Å². The van der Waals surface area contributed by atoms with Gasteiger partial charge in [0.05, 0.1) is 10.5 Å². The van der Waals surface area contributed by atoms with Crippen molar-refractivity contribution in [2.75, 3.05) is 4.72 Å². The molecule has 1 aromatic heterocycles. The first-order chi connectivity index (χ1) is 18.4. The summed E-state index contributed by atoms with van der Waals surface area (Å²) in [6.07, 6.45) is 3.22. The van der Waals surface area contributed by atoms with Gasteiger partial charge in [-0.05, 0) is 67.0 Å². The zero-order valence-corrected chi connectivity index (χ0v) is 22.0. The van der Waals surface area contributed by atoms with E-state index < -0.39 is 15.6 Å². The van der Waals surface area contributed by atoms with Crippen LogP contribution in [-0.2, 0) is 16.4 Å². The van der Waals surface area contributed by atoms with E-state index in [1.165, 1.54) is 0 Å². The molecule has 5 rings (SSSR count). The van der Waals surface area contributed by atoms with Gasteiger partial charge in [0.25, 0.3) is 10.0 Å². The molecule has 2 unspecified atom stereocenters. The fraction of sp³-hybridized carbons (Fsp3) is 0.258. The van der Waals surface area contributed by atoms with Gasteiger partial charge in [0.1, 0.15) is 11.5 Å². The number of benzene rings is 3. The second-order valence-corrected chi connectivity index (χ2v) is 11.6. The summed E-state index contributed by atoms with van der Waals surface area (Å²) in [4.78, 5) is 13.4. The number of hydrogen-bond acceptors (Lipinski definition) is 5. The van der Waals surface area contributed by atoms with E-state index in [1.807, 2.05) is 43.3 Å². The van der Waals surface area contributed by atoms with Crippen LogP contribution < -0.4 is 10.3 Å². The van der Waals surface area contributed by atoms with E-state index in [9.17, 15) is 18.3 Å². The minimum Gasteiger partial charge on any atom is -0.507 e. The van der Waals surface area contributed by atoms with E-state index in [0.717, 1.165) is 24.0 Å². The zero-order valence-electron chi connectivity index (χ0n) is 21.2. The van der Waals surface area contributed by atoms with Crippen molar-refractivity contribution in [3.63, 3.8) is 0 Å². The molecular formula is C31H31NO5S. The molecule has 1 aliphatic carbocycles. The number of aromatic hydroxyl groups is 1. The summed E-state index contributed by atoms with van der Waals surface area (Å²) in [5.74, 6) is 0.369. The van der Waals surface area contributed by atoms with Gasteiger partial charge in [-0.3, -0.25) is 4.72 Å². The fourth-order valence-corrected chi connectivity index (χ4v) is 6.14. The van der Waals surface area contributed by atoms with E-state index in [-0.39, 0.29) is 22.5 Å². The predicted molar refractivity (Wildman–Crippen MR) is 148 cm³/mol. The van der Waals surface area contributed by atoms with Crippen LogP contribution in [0.5, 0.6) is 5.75 Å². The van der Waals surface area contributed by atoms with Crippen molar-refractivity contribution in [1.29, 1.82) is 0 Å². The number of hydrogen-bond donors (Lipinski definition) is 2. The maximum Gasteiger partial charge on any atom is 0.343 e. The van der Waals surface area contributed by atoms with Crippen LogP contribution in [0.15, 0.2) is 105 Å². The number of rotatable bonds is 10. The van der Waals surface area contributed by atoms with Crippen LogP contribution in [0.1, 0.15) is 60.5 Å². The molecule has 6 nitrogen and oxygen atoms in total. The molecular weight excluding hydrogens is 498 g/mol. The van der Waals surface area contributed by atoms with Crippen LogP contribution in [0.3, 0.4) is 0 Å². The van der Waals surface area contributed by atoms with Gasteiger partial charge >= 0.3 is 5.63 Å². The van der Waals surface area contributed by atoms with Crippen LogP contribution in [0.4, 0.5) is 5.69 Å². The Kier molecular flexibility index (Phi) is 7.38. The Balaban J connectivity index is 1.39. The summed E-state index contributed by atoms with van der Waals surface area (Å²) in [5, 5.41) is 11.0. The van der Waals surface area contributed by atoms with Crippen LogP contribution in [-0.4, -0.2) is 13.5 Å². The second-order valence-electron chi connectivity index (χ2n) is 9.89. The average Bonchev–Trinajstić information content (AvgIpc) is 3.75. The Morgan fingerprint density at radius 2 is 1.63 bits per heavy atom. The Labute approximate surface area is 223 Å².